The summed E-state index contributed by atoms with van der Waals surface area (Å²) >= 11 is 0. The molecular formula is C18H29NO4Si. The molecule has 0 aromatic heterocycles. The van der Waals surface area contributed by atoms with Gasteiger partial charge in [-0.1, -0.05) is 20.8 Å². The van der Waals surface area contributed by atoms with Crippen LogP contribution in [0.1, 0.15) is 45.0 Å². The van der Waals surface area contributed by atoms with Gasteiger partial charge in [0.05, 0.1) is 5.56 Å². The molecule has 0 radical (unpaired) electrons. The van der Waals surface area contributed by atoms with Crippen LogP contribution in [-0.2, 0) is 0 Å². The van der Waals surface area contributed by atoms with Crippen molar-refractivity contribution in [2.75, 3.05) is 19.9 Å². The van der Waals surface area contributed by atoms with Gasteiger partial charge in [0.2, 0.25) is 12.5 Å². The Labute approximate surface area is 146 Å². The number of nitrogens with zero attached hydrogens (tertiary/aromatic N) is 1. The molecule has 0 aliphatic carbocycles. The van der Waals surface area contributed by atoms with Crippen LogP contribution < -0.4 is 13.9 Å². The quantitative estimate of drug-likeness (QED) is 0.743. The third-order valence-electron chi connectivity index (χ3n) is 4.94. The van der Waals surface area contributed by atoms with E-state index in [4.69, 9.17) is 13.9 Å². The molecule has 1 heterocycles. The van der Waals surface area contributed by atoms with Gasteiger partial charge in [-0.2, -0.15) is 0 Å². The molecule has 6 heteroatoms. The number of rotatable bonds is 5. The summed E-state index contributed by atoms with van der Waals surface area (Å²) in [6, 6.07) is 3.58. The third-order valence-corrected chi connectivity index (χ3v) is 9.26. The van der Waals surface area contributed by atoms with Crippen LogP contribution in [0, 0.1) is 0 Å². The average molecular weight is 352 g/mol. The third kappa shape index (κ3) is 3.38. The zero-order chi connectivity index (χ0) is 18.1. The van der Waals surface area contributed by atoms with Gasteiger partial charge in [-0.15, -0.1) is 0 Å². The molecule has 0 saturated carbocycles. The Balaban J connectivity index is 2.52. The lowest BCUT2D eigenvalue weighted by molar-refractivity contribution is 0.0770. The van der Waals surface area contributed by atoms with Crippen LogP contribution in [0.25, 0.3) is 0 Å². The van der Waals surface area contributed by atoms with Crippen molar-refractivity contribution in [1.82, 2.24) is 4.90 Å². The van der Waals surface area contributed by atoms with Crippen molar-refractivity contribution in [3.8, 4) is 17.2 Å². The van der Waals surface area contributed by atoms with Gasteiger partial charge in [0.25, 0.3) is 14.2 Å². The number of benzene rings is 1. The van der Waals surface area contributed by atoms with E-state index in [9.17, 15) is 4.79 Å². The maximum absolute atomic E-state index is 12.9. The summed E-state index contributed by atoms with van der Waals surface area (Å²) < 4.78 is 17.6. The van der Waals surface area contributed by atoms with E-state index in [0.29, 0.717) is 35.9 Å². The monoisotopic (exact) mass is 351 g/mol. The predicted molar refractivity (Wildman–Crippen MR) is 97.6 cm³/mol. The van der Waals surface area contributed by atoms with Gasteiger partial charge in [-0.3, -0.25) is 4.79 Å². The van der Waals surface area contributed by atoms with Crippen molar-refractivity contribution in [3.63, 3.8) is 0 Å². The summed E-state index contributed by atoms with van der Waals surface area (Å²) in [5.41, 5.74) is 0.549. The van der Waals surface area contributed by atoms with Gasteiger partial charge >= 0.3 is 0 Å². The normalized spacial score (nSPS) is 13.8. The smallest absolute Gasteiger partial charge is 0.257 e. The first-order valence-corrected chi connectivity index (χ1v) is 11.4. The largest absolute Gasteiger partial charge is 0.540 e. The molecule has 0 spiro atoms. The molecule has 1 aromatic rings. The number of hydrogen-bond donors (Lipinski definition) is 0. The highest BCUT2D eigenvalue weighted by Gasteiger charge is 2.41. The van der Waals surface area contributed by atoms with Crippen molar-refractivity contribution in [2.24, 2.45) is 0 Å². The fourth-order valence-corrected chi connectivity index (χ4v) is 3.33. The second kappa shape index (κ2) is 6.67. The Hall–Kier alpha value is -1.69. The van der Waals surface area contributed by atoms with Crippen LogP contribution in [0.3, 0.4) is 0 Å². The average Bonchev–Trinajstić information content (AvgIpc) is 2.96. The zero-order valence-electron chi connectivity index (χ0n) is 15.9. The first-order chi connectivity index (χ1) is 11.1. The van der Waals surface area contributed by atoms with E-state index in [0.717, 1.165) is 0 Å². The topological polar surface area (TPSA) is 48.0 Å². The van der Waals surface area contributed by atoms with Crippen LogP contribution >= 0.6 is 0 Å². The SMILES string of the molecule is CCN(CC)C(=O)c1ccc2c(c1O[Si](C)(C)C(C)(C)C)OCO2. The summed E-state index contributed by atoms with van der Waals surface area (Å²) in [6.45, 7) is 16.3. The number of amides is 1. The summed E-state index contributed by atoms with van der Waals surface area (Å²) in [4.78, 5) is 14.7. The van der Waals surface area contributed by atoms with Gasteiger partial charge < -0.3 is 18.8 Å². The fraction of sp³-hybridized carbons (Fsp3) is 0.611. The van der Waals surface area contributed by atoms with Crippen molar-refractivity contribution in [2.45, 2.75) is 52.8 Å². The summed E-state index contributed by atoms with van der Waals surface area (Å²) in [6.07, 6.45) is 0. The predicted octanol–water partition coefficient (Wildman–Crippen LogP) is 4.28. The molecule has 24 heavy (non-hydrogen) atoms. The van der Waals surface area contributed by atoms with Crippen molar-refractivity contribution < 1.29 is 18.7 Å². The van der Waals surface area contributed by atoms with Gasteiger partial charge in [-0.25, -0.2) is 0 Å². The van der Waals surface area contributed by atoms with Crippen LogP contribution in [0.15, 0.2) is 12.1 Å². The lowest BCUT2D eigenvalue weighted by Gasteiger charge is -2.37. The van der Waals surface area contributed by atoms with Crippen molar-refractivity contribution in [3.05, 3.63) is 17.7 Å². The summed E-state index contributed by atoms with van der Waals surface area (Å²) in [5, 5.41) is 0.0186. The molecule has 2 rings (SSSR count). The Kier molecular flexibility index (Phi) is 5.18. The summed E-state index contributed by atoms with van der Waals surface area (Å²) in [7, 11) is -2.13. The van der Waals surface area contributed by atoms with Gasteiger partial charge in [0.1, 0.15) is 0 Å². The van der Waals surface area contributed by atoms with Crippen molar-refractivity contribution in [1.29, 1.82) is 0 Å². The second-order valence-electron chi connectivity index (χ2n) is 7.52. The fourth-order valence-electron chi connectivity index (χ4n) is 2.31. The Morgan fingerprint density at radius 3 is 2.38 bits per heavy atom. The highest BCUT2D eigenvalue weighted by molar-refractivity contribution is 6.74. The highest BCUT2D eigenvalue weighted by Crippen LogP contribution is 2.47. The molecule has 1 aliphatic heterocycles. The van der Waals surface area contributed by atoms with E-state index in [1.807, 2.05) is 13.8 Å². The zero-order valence-corrected chi connectivity index (χ0v) is 16.9. The van der Waals surface area contributed by atoms with E-state index < -0.39 is 8.32 Å². The number of ether oxygens (including phenoxy) is 2. The molecule has 0 bridgehead atoms. The molecular weight excluding hydrogens is 322 g/mol. The highest BCUT2D eigenvalue weighted by atomic mass is 28.4. The molecule has 1 aromatic carbocycles. The van der Waals surface area contributed by atoms with Crippen LogP contribution in [0.2, 0.25) is 18.1 Å². The molecule has 0 saturated heterocycles. The maximum atomic E-state index is 12.9. The van der Waals surface area contributed by atoms with Gasteiger partial charge in [0, 0.05) is 13.1 Å². The molecule has 134 valence electrons. The first-order valence-electron chi connectivity index (χ1n) is 8.53. The molecule has 1 aliphatic rings. The lowest BCUT2D eigenvalue weighted by atomic mass is 10.1. The minimum Gasteiger partial charge on any atom is -0.540 e. The lowest BCUT2D eigenvalue weighted by Crippen LogP contribution is -2.44. The first kappa shape index (κ1) is 18.6. The Morgan fingerprint density at radius 1 is 1.21 bits per heavy atom. The van der Waals surface area contributed by atoms with Gasteiger partial charge in [0.15, 0.2) is 11.5 Å². The number of hydrogen-bond acceptors (Lipinski definition) is 4. The molecule has 0 unspecified atom stereocenters. The molecule has 0 fully saturated rings. The van der Waals surface area contributed by atoms with E-state index in [-0.39, 0.29) is 17.7 Å². The van der Waals surface area contributed by atoms with E-state index in [1.54, 1.807) is 17.0 Å². The number of carbonyl (C=O) groups excluding carboxylic acids is 1. The Morgan fingerprint density at radius 2 is 1.83 bits per heavy atom. The molecule has 0 atom stereocenters. The second-order valence-corrected chi connectivity index (χ2v) is 12.2. The van der Waals surface area contributed by atoms with E-state index in [1.165, 1.54) is 0 Å². The van der Waals surface area contributed by atoms with E-state index in [2.05, 4.69) is 33.9 Å². The number of fused-ring (bicyclic) bond motifs is 1. The maximum Gasteiger partial charge on any atom is 0.257 e. The minimum atomic E-state index is -2.13. The Bertz CT molecular complexity index is 618. The molecule has 5 nitrogen and oxygen atoms in total. The van der Waals surface area contributed by atoms with Crippen LogP contribution in [0.5, 0.6) is 17.2 Å². The van der Waals surface area contributed by atoms with Gasteiger partial charge in [-0.05, 0) is 44.1 Å². The van der Waals surface area contributed by atoms with Crippen LogP contribution in [0.4, 0.5) is 0 Å². The van der Waals surface area contributed by atoms with Crippen LogP contribution in [-0.4, -0.2) is 39.0 Å². The van der Waals surface area contributed by atoms with Crippen molar-refractivity contribution >= 4 is 14.2 Å². The molecule has 1 amide bonds. The van der Waals surface area contributed by atoms with E-state index >= 15 is 0 Å². The minimum absolute atomic E-state index is 0.0186. The molecule has 0 N–H and O–H groups in total. The standard InChI is InChI=1S/C18H29NO4Si/c1-8-19(9-2)17(20)13-10-11-14-16(22-12-21-14)15(13)23-24(6,7)18(3,4)5/h10-11H,8-9,12H2,1-7H3. The number of carbonyl (C=O) groups is 1. The summed E-state index contributed by atoms with van der Waals surface area (Å²) in [5.74, 6) is 1.69.